The summed E-state index contributed by atoms with van der Waals surface area (Å²) in [5.41, 5.74) is 0. The number of rotatable bonds is 2. The van der Waals surface area contributed by atoms with E-state index < -0.39 is 6.17 Å². The molecule has 0 saturated heterocycles. The van der Waals surface area contributed by atoms with Crippen molar-refractivity contribution >= 4 is 6.41 Å². The summed E-state index contributed by atoms with van der Waals surface area (Å²) < 4.78 is 12.4. The van der Waals surface area contributed by atoms with Gasteiger partial charge >= 0.3 is 6.41 Å². The molecule has 3 heteroatoms. The Kier molecular flexibility index (Phi) is 1.69. The first-order valence-electron chi connectivity index (χ1n) is 3.00. The van der Waals surface area contributed by atoms with E-state index in [1.54, 1.807) is 13.5 Å². The van der Waals surface area contributed by atoms with Crippen molar-refractivity contribution in [2.75, 3.05) is 7.05 Å². The summed E-state index contributed by atoms with van der Waals surface area (Å²) in [4.78, 5) is 11.2. The predicted octanol–water partition coefficient (Wildman–Crippen LogP) is 0.486. The molecule has 2 nitrogen and oxygen atoms in total. The third kappa shape index (κ3) is 1.04. The molecule has 0 spiro atoms. The monoisotopic (exact) mass is 130 g/mol. The number of amides is 1. The van der Waals surface area contributed by atoms with Crippen molar-refractivity contribution in [1.29, 1.82) is 0 Å². The van der Waals surface area contributed by atoms with Gasteiger partial charge in [-0.15, -0.1) is 0 Å². The molecule has 1 radical (unpaired) electrons. The zero-order valence-electron chi connectivity index (χ0n) is 5.30. The van der Waals surface area contributed by atoms with Gasteiger partial charge in [-0.1, -0.05) is 0 Å². The van der Waals surface area contributed by atoms with E-state index >= 15 is 0 Å². The van der Waals surface area contributed by atoms with Crippen LogP contribution in [0.15, 0.2) is 0 Å². The maximum atomic E-state index is 12.4. The van der Waals surface area contributed by atoms with Crippen molar-refractivity contribution in [3.63, 3.8) is 0 Å². The second kappa shape index (κ2) is 2.33. The SMILES string of the molecule is CN([C]=O)C1CCC1F. The summed E-state index contributed by atoms with van der Waals surface area (Å²) >= 11 is 0. The van der Waals surface area contributed by atoms with Crippen LogP contribution in [0.25, 0.3) is 0 Å². The Morgan fingerprint density at radius 2 is 2.33 bits per heavy atom. The second-order valence-electron chi connectivity index (χ2n) is 2.36. The highest BCUT2D eigenvalue weighted by molar-refractivity contribution is 5.48. The van der Waals surface area contributed by atoms with Crippen molar-refractivity contribution in [3.05, 3.63) is 0 Å². The molecule has 1 aliphatic carbocycles. The number of hydrogen-bond acceptors (Lipinski definition) is 1. The van der Waals surface area contributed by atoms with Crippen molar-refractivity contribution in [3.8, 4) is 0 Å². The van der Waals surface area contributed by atoms with Crippen molar-refractivity contribution in [2.45, 2.75) is 25.1 Å². The Hall–Kier alpha value is -0.600. The molecule has 1 rings (SSSR count). The third-order valence-corrected chi connectivity index (χ3v) is 1.80. The Morgan fingerprint density at radius 1 is 1.67 bits per heavy atom. The number of halogens is 1. The molecule has 0 aliphatic heterocycles. The van der Waals surface area contributed by atoms with Gasteiger partial charge in [-0.3, -0.25) is 4.79 Å². The first-order chi connectivity index (χ1) is 4.25. The lowest BCUT2D eigenvalue weighted by Crippen LogP contribution is -2.45. The Morgan fingerprint density at radius 3 is 2.44 bits per heavy atom. The fourth-order valence-electron chi connectivity index (χ4n) is 0.946. The first-order valence-corrected chi connectivity index (χ1v) is 3.00. The Bertz CT molecular complexity index is 118. The number of alkyl halides is 1. The minimum Gasteiger partial charge on any atom is -0.332 e. The van der Waals surface area contributed by atoms with E-state index in [1.807, 2.05) is 0 Å². The fourth-order valence-corrected chi connectivity index (χ4v) is 0.946. The fraction of sp³-hybridized carbons (Fsp3) is 0.833. The van der Waals surface area contributed by atoms with Crippen LogP contribution in [0.5, 0.6) is 0 Å². The average Bonchev–Trinajstić information content (AvgIpc) is 1.84. The zero-order valence-corrected chi connectivity index (χ0v) is 5.30. The van der Waals surface area contributed by atoms with Crippen LogP contribution >= 0.6 is 0 Å². The van der Waals surface area contributed by atoms with E-state index in [0.29, 0.717) is 6.42 Å². The van der Waals surface area contributed by atoms with E-state index in [1.165, 1.54) is 4.90 Å². The quantitative estimate of drug-likeness (QED) is 0.498. The van der Waals surface area contributed by atoms with Gasteiger partial charge in [-0.2, -0.15) is 0 Å². The number of carbonyl (C=O) groups excluding carboxylic acids is 1. The summed E-state index contributed by atoms with van der Waals surface area (Å²) in [7, 11) is 1.56. The van der Waals surface area contributed by atoms with E-state index in [-0.39, 0.29) is 6.04 Å². The van der Waals surface area contributed by atoms with Crippen LogP contribution in [-0.4, -0.2) is 30.6 Å². The van der Waals surface area contributed by atoms with Gasteiger partial charge < -0.3 is 4.90 Å². The molecule has 0 aromatic heterocycles. The topological polar surface area (TPSA) is 20.3 Å². The largest absolute Gasteiger partial charge is 0.332 e. The molecule has 0 bridgehead atoms. The van der Waals surface area contributed by atoms with Crippen molar-refractivity contribution in [1.82, 2.24) is 4.90 Å². The van der Waals surface area contributed by atoms with Crippen LogP contribution in [0.1, 0.15) is 12.8 Å². The average molecular weight is 130 g/mol. The van der Waals surface area contributed by atoms with E-state index in [9.17, 15) is 9.18 Å². The molecule has 1 aliphatic rings. The molecule has 2 atom stereocenters. The maximum Gasteiger partial charge on any atom is 0.312 e. The van der Waals surface area contributed by atoms with Gasteiger partial charge in [0.25, 0.3) is 0 Å². The number of nitrogens with zero attached hydrogens (tertiary/aromatic N) is 1. The van der Waals surface area contributed by atoms with E-state index in [0.717, 1.165) is 6.42 Å². The molecule has 0 N–H and O–H groups in total. The normalized spacial score (nSPS) is 33.1. The smallest absolute Gasteiger partial charge is 0.312 e. The minimum absolute atomic E-state index is 0.192. The maximum absolute atomic E-state index is 12.4. The third-order valence-electron chi connectivity index (χ3n) is 1.80. The van der Waals surface area contributed by atoms with Crippen LogP contribution in [0.2, 0.25) is 0 Å². The zero-order chi connectivity index (χ0) is 6.85. The van der Waals surface area contributed by atoms with Crippen LogP contribution < -0.4 is 0 Å². The molecular weight excluding hydrogens is 121 g/mol. The minimum atomic E-state index is -0.809. The Labute approximate surface area is 53.6 Å². The second-order valence-corrected chi connectivity index (χ2v) is 2.36. The molecule has 51 valence electrons. The predicted molar refractivity (Wildman–Crippen MR) is 31.4 cm³/mol. The summed E-state index contributed by atoms with van der Waals surface area (Å²) in [6.45, 7) is 0. The highest BCUT2D eigenvalue weighted by atomic mass is 19.1. The number of hydrogen-bond donors (Lipinski definition) is 0. The molecule has 0 heterocycles. The first kappa shape index (κ1) is 6.52. The van der Waals surface area contributed by atoms with Gasteiger partial charge in [0.1, 0.15) is 6.17 Å². The van der Waals surface area contributed by atoms with Gasteiger partial charge in [0.15, 0.2) is 0 Å². The van der Waals surface area contributed by atoms with Gasteiger partial charge in [0.2, 0.25) is 0 Å². The lowest BCUT2D eigenvalue weighted by atomic mass is 9.90. The molecule has 2 unspecified atom stereocenters. The molecule has 9 heavy (non-hydrogen) atoms. The summed E-state index contributed by atoms with van der Waals surface area (Å²) in [6, 6.07) is -0.192. The van der Waals surface area contributed by atoms with Crippen molar-refractivity contribution < 1.29 is 9.18 Å². The van der Waals surface area contributed by atoms with Crippen LogP contribution in [0, 0.1) is 0 Å². The highest BCUT2D eigenvalue weighted by Crippen LogP contribution is 2.26. The molecule has 1 amide bonds. The standard InChI is InChI=1S/C6H9FNO/c1-8(4-9)6-3-2-5(6)7/h5-6H,2-3H2,1H3. The lowest BCUT2D eigenvalue weighted by molar-refractivity contribution is 0.0904. The Balaban J connectivity index is 2.34. The molecular formula is C6H9FNO. The van der Waals surface area contributed by atoms with Gasteiger partial charge in [0.05, 0.1) is 6.04 Å². The van der Waals surface area contributed by atoms with Gasteiger partial charge in [0, 0.05) is 7.05 Å². The molecule has 0 aromatic rings. The van der Waals surface area contributed by atoms with Crippen LogP contribution in [-0.2, 0) is 4.79 Å². The summed E-state index contributed by atoms with van der Waals surface area (Å²) in [6.07, 6.45) is 2.21. The molecule has 1 fully saturated rings. The highest BCUT2D eigenvalue weighted by Gasteiger charge is 2.33. The molecule has 1 saturated carbocycles. The van der Waals surface area contributed by atoms with Gasteiger partial charge in [-0.25, -0.2) is 4.39 Å². The van der Waals surface area contributed by atoms with Crippen LogP contribution in [0.3, 0.4) is 0 Å². The summed E-state index contributed by atoms with van der Waals surface area (Å²) in [5.74, 6) is 0. The van der Waals surface area contributed by atoms with E-state index in [2.05, 4.69) is 0 Å². The molecule has 0 aromatic carbocycles. The van der Waals surface area contributed by atoms with E-state index in [4.69, 9.17) is 0 Å². The lowest BCUT2D eigenvalue weighted by Gasteiger charge is -2.34. The van der Waals surface area contributed by atoms with Gasteiger partial charge in [-0.05, 0) is 12.8 Å². The van der Waals surface area contributed by atoms with Crippen LogP contribution in [0.4, 0.5) is 4.39 Å². The summed E-state index contributed by atoms with van der Waals surface area (Å²) in [5, 5.41) is 0. The van der Waals surface area contributed by atoms with Crippen molar-refractivity contribution in [2.24, 2.45) is 0 Å².